The summed E-state index contributed by atoms with van der Waals surface area (Å²) < 4.78 is 22.6. The van der Waals surface area contributed by atoms with Gasteiger partial charge in [-0.05, 0) is 37.1 Å². The molecule has 1 unspecified atom stereocenters. The van der Waals surface area contributed by atoms with Crippen LogP contribution >= 0.6 is 0 Å². The van der Waals surface area contributed by atoms with E-state index in [1.807, 2.05) is 19.2 Å². The van der Waals surface area contributed by atoms with Gasteiger partial charge in [0.05, 0.1) is 4.90 Å². The van der Waals surface area contributed by atoms with Crippen LogP contribution in [-0.2, 0) is 16.3 Å². The van der Waals surface area contributed by atoms with Gasteiger partial charge in [0.15, 0.2) is 9.84 Å². The van der Waals surface area contributed by atoms with Crippen molar-refractivity contribution in [2.45, 2.75) is 31.2 Å². The highest BCUT2D eigenvalue weighted by Crippen LogP contribution is 2.14. The molecule has 1 atom stereocenters. The van der Waals surface area contributed by atoms with Gasteiger partial charge in [-0.25, -0.2) is 8.42 Å². The van der Waals surface area contributed by atoms with E-state index in [9.17, 15) is 8.42 Å². The maximum absolute atomic E-state index is 11.3. The number of likely N-dealkylation sites (N-methyl/N-ethyl adjacent to an activating group) is 1. The fourth-order valence-corrected chi connectivity index (χ4v) is 2.43. The van der Waals surface area contributed by atoms with Crippen molar-refractivity contribution in [3.63, 3.8) is 0 Å². The Morgan fingerprint density at radius 2 is 1.71 bits per heavy atom. The maximum atomic E-state index is 11.3. The largest absolute Gasteiger partial charge is 0.316 e. The van der Waals surface area contributed by atoms with Crippen molar-refractivity contribution in [1.82, 2.24) is 5.32 Å². The van der Waals surface area contributed by atoms with E-state index >= 15 is 0 Å². The molecule has 0 bridgehead atoms. The Morgan fingerprint density at radius 1 is 1.18 bits per heavy atom. The zero-order valence-corrected chi connectivity index (χ0v) is 11.7. The third-order valence-electron chi connectivity index (χ3n) is 2.98. The van der Waals surface area contributed by atoms with Gasteiger partial charge in [0.25, 0.3) is 0 Å². The minimum Gasteiger partial charge on any atom is -0.316 e. The summed E-state index contributed by atoms with van der Waals surface area (Å²) in [4.78, 5) is 0.381. The third-order valence-corrected chi connectivity index (χ3v) is 4.11. The minimum atomic E-state index is -3.09. The summed E-state index contributed by atoms with van der Waals surface area (Å²) in [6.45, 7) is 4.35. The second-order valence-corrected chi connectivity index (χ2v) is 6.78. The Kier molecular flexibility index (Phi) is 4.71. The molecule has 0 fully saturated rings. The van der Waals surface area contributed by atoms with E-state index in [1.54, 1.807) is 12.1 Å². The van der Waals surface area contributed by atoms with Gasteiger partial charge in [0, 0.05) is 12.3 Å². The average molecular weight is 255 g/mol. The van der Waals surface area contributed by atoms with E-state index in [1.165, 1.54) is 6.26 Å². The van der Waals surface area contributed by atoms with Crippen molar-refractivity contribution < 1.29 is 8.42 Å². The Labute approximate surface area is 104 Å². The number of rotatable bonds is 5. The molecule has 0 amide bonds. The van der Waals surface area contributed by atoms with Crippen LogP contribution in [0.3, 0.4) is 0 Å². The first-order valence-corrected chi connectivity index (χ1v) is 7.70. The van der Waals surface area contributed by atoms with Crippen LogP contribution in [-0.4, -0.2) is 27.8 Å². The molecule has 0 saturated carbocycles. The van der Waals surface area contributed by atoms with Gasteiger partial charge >= 0.3 is 0 Å². The topological polar surface area (TPSA) is 46.2 Å². The van der Waals surface area contributed by atoms with Gasteiger partial charge < -0.3 is 5.32 Å². The van der Waals surface area contributed by atoms with Gasteiger partial charge in [-0.1, -0.05) is 26.0 Å². The summed E-state index contributed by atoms with van der Waals surface area (Å²) >= 11 is 0. The number of nitrogens with one attached hydrogen (secondary N) is 1. The fraction of sp³-hybridized carbons (Fsp3) is 0.538. The van der Waals surface area contributed by atoms with Crippen LogP contribution < -0.4 is 5.32 Å². The molecular weight excluding hydrogens is 234 g/mol. The molecule has 1 N–H and O–H groups in total. The Bertz CT molecular complexity index is 449. The highest BCUT2D eigenvalue weighted by atomic mass is 32.2. The van der Waals surface area contributed by atoms with Gasteiger partial charge in [-0.2, -0.15) is 0 Å². The van der Waals surface area contributed by atoms with E-state index in [-0.39, 0.29) is 0 Å². The molecule has 0 heterocycles. The molecule has 0 aliphatic carbocycles. The van der Waals surface area contributed by atoms with E-state index < -0.39 is 9.84 Å². The summed E-state index contributed by atoms with van der Waals surface area (Å²) in [5.41, 5.74) is 1.16. The fourth-order valence-electron chi connectivity index (χ4n) is 1.80. The first-order chi connectivity index (χ1) is 7.84. The second-order valence-electron chi connectivity index (χ2n) is 4.76. The van der Waals surface area contributed by atoms with E-state index in [2.05, 4.69) is 19.2 Å². The molecule has 0 aromatic heterocycles. The second kappa shape index (κ2) is 5.65. The number of hydrogen-bond acceptors (Lipinski definition) is 3. The molecule has 96 valence electrons. The first-order valence-electron chi connectivity index (χ1n) is 5.81. The molecule has 0 aliphatic rings. The van der Waals surface area contributed by atoms with Crippen molar-refractivity contribution in [2.75, 3.05) is 13.3 Å². The Hall–Kier alpha value is -0.870. The van der Waals surface area contributed by atoms with E-state index in [0.717, 1.165) is 12.0 Å². The normalized spacial score (nSPS) is 13.9. The van der Waals surface area contributed by atoms with Crippen LogP contribution in [0.5, 0.6) is 0 Å². The van der Waals surface area contributed by atoms with E-state index in [4.69, 9.17) is 0 Å². The third kappa shape index (κ3) is 4.13. The van der Waals surface area contributed by atoms with Crippen LogP contribution in [0.1, 0.15) is 19.4 Å². The summed E-state index contributed by atoms with van der Waals surface area (Å²) in [6, 6.07) is 7.56. The highest BCUT2D eigenvalue weighted by molar-refractivity contribution is 7.90. The minimum absolute atomic E-state index is 0.381. The van der Waals surface area contributed by atoms with Crippen LogP contribution in [0.25, 0.3) is 0 Å². The summed E-state index contributed by atoms with van der Waals surface area (Å²) in [5.74, 6) is 0.551. The molecule has 1 rings (SSSR count). The SMILES string of the molecule is CNC(Cc1ccc(S(C)(=O)=O)cc1)C(C)C. The smallest absolute Gasteiger partial charge is 0.175 e. The van der Waals surface area contributed by atoms with Gasteiger partial charge in [-0.3, -0.25) is 0 Å². The molecule has 17 heavy (non-hydrogen) atoms. The maximum Gasteiger partial charge on any atom is 0.175 e. The van der Waals surface area contributed by atoms with Crippen molar-refractivity contribution in [2.24, 2.45) is 5.92 Å². The van der Waals surface area contributed by atoms with Gasteiger partial charge in [-0.15, -0.1) is 0 Å². The zero-order chi connectivity index (χ0) is 13.1. The van der Waals surface area contributed by atoms with Crippen LogP contribution in [0.4, 0.5) is 0 Å². The van der Waals surface area contributed by atoms with Gasteiger partial charge in [0.1, 0.15) is 0 Å². The predicted octanol–water partition coefficient (Wildman–Crippen LogP) is 1.88. The molecule has 4 heteroatoms. The molecule has 1 aromatic carbocycles. The van der Waals surface area contributed by atoms with Crippen LogP contribution in [0, 0.1) is 5.92 Å². The summed E-state index contributed by atoms with van der Waals surface area (Å²) in [7, 11) is -1.13. The lowest BCUT2D eigenvalue weighted by atomic mass is 9.97. The quantitative estimate of drug-likeness (QED) is 0.874. The highest BCUT2D eigenvalue weighted by Gasteiger charge is 2.12. The molecule has 0 spiro atoms. The lowest BCUT2D eigenvalue weighted by Crippen LogP contribution is -2.32. The van der Waals surface area contributed by atoms with Gasteiger partial charge in [0.2, 0.25) is 0 Å². The van der Waals surface area contributed by atoms with Crippen LogP contribution in [0.15, 0.2) is 29.2 Å². The summed E-state index contributed by atoms with van der Waals surface area (Å²) in [6.07, 6.45) is 2.14. The number of sulfone groups is 1. The number of benzene rings is 1. The average Bonchev–Trinajstić information content (AvgIpc) is 2.25. The lowest BCUT2D eigenvalue weighted by Gasteiger charge is -2.20. The molecule has 0 saturated heterocycles. The van der Waals surface area contributed by atoms with Crippen molar-refractivity contribution in [3.05, 3.63) is 29.8 Å². The van der Waals surface area contributed by atoms with Crippen LogP contribution in [0.2, 0.25) is 0 Å². The zero-order valence-electron chi connectivity index (χ0n) is 10.9. The monoisotopic (exact) mass is 255 g/mol. The molecule has 0 radical (unpaired) electrons. The van der Waals surface area contributed by atoms with Crippen molar-refractivity contribution in [3.8, 4) is 0 Å². The lowest BCUT2D eigenvalue weighted by molar-refractivity contribution is 0.424. The van der Waals surface area contributed by atoms with Crippen molar-refractivity contribution in [1.29, 1.82) is 0 Å². The standard InChI is InChI=1S/C13H21NO2S/c1-10(2)13(14-3)9-11-5-7-12(8-6-11)17(4,15)16/h5-8,10,13-14H,9H2,1-4H3. The number of hydrogen-bond donors (Lipinski definition) is 1. The first kappa shape index (κ1) is 14.2. The Morgan fingerprint density at radius 3 is 2.06 bits per heavy atom. The molecule has 3 nitrogen and oxygen atoms in total. The molecule has 1 aromatic rings. The van der Waals surface area contributed by atoms with E-state index in [0.29, 0.717) is 16.9 Å². The summed E-state index contributed by atoms with van der Waals surface area (Å²) in [5, 5.41) is 3.28. The molecule has 0 aliphatic heterocycles. The molecular formula is C13H21NO2S. The Balaban J connectivity index is 2.82. The van der Waals surface area contributed by atoms with Crippen molar-refractivity contribution >= 4 is 9.84 Å². The predicted molar refractivity (Wildman–Crippen MR) is 70.9 cm³/mol.